The Bertz CT molecular complexity index is 803. The molecule has 1 heterocycles. The Balaban J connectivity index is 1.60. The summed E-state index contributed by atoms with van der Waals surface area (Å²) in [5, 5.41) is 2.90. The van der Waals surface area contributed by atoms with Crippen LogP contribution in [0, 0.1) is 11.3 Å². The van der Waals surface area contributed by atoms with Gasteiger partial charge in [0.1, 0.15) is 0 Å². The SMILES string of the molecule is CC1(C)CN(CCc2ccccc2)C(=O)[C@H]1CC(=O)Nc1ccc(Br)cc1. The van der Waals surface area contributed by atoms with Crippen molar-refractivity contribution in [1.29, 1.82) is 0 Å². The van der Waals surface area contributed by atoms with Crippen molar-refractivity contribution in [3.8, 4) is 0 Å². The summed E-state index contributed by atoms with van der Waals surface area (Å²) in [5.74, 6) is -0.320. The van der Waals surface area contributed by atoms with Crippen molar-refractivity contribution in [1.82, 2.24) is 4.90 Å². The molecule has 2 aromatic rings. The summed E-state index contributed by atoms with van der Waals surface area (Å²) in [6, 6.07) is 17.6. The van der Waals surface area contributed by atoms with E-state index in [-0.39, 0.29) is 29.6 Å². The number of benzene rings is 2. The van der Waals surface area contributed by atoms with E-state index in [1.54, 1.807) is 0 Å². The van der Waals surface area contributed by atoms with Crippen LogP contribution in [0.2, 0.25) is 0 Å². The van der Waals surface area contributed by atoms with E-state index in [2.05, 4.69) is 47.2 Å². The van der Waals surface area contributed by atoms with E-state index in [0.717, 1.165) is 16.6 Å². The van der Waals surface area contributed by atoms with Crippen LogP contribution in [0.1, 0.15) is 25.8 Å². The maximum Gasteiger partial charge on any atom is 0.226 e. The molecule has 2 aromatic carbocycles. The fourth-order valence-electron chi connectivity index (χ4n) is 3.63. The highest BCUT2D eigenvalue weighted by atomic mass is 79.9. The van der Waals surface area contributed by atoms with Gasteiger partial charge in [-0.1, -0.05) is 60.1 Å². The fourth-order valence-corrected chi connectivity index (χ4v) is 3.89. The van der Waals surface area contributed by atoms with Gasteiger partial charge in [0, 0.05) is 29.7 Å². The highest BCUT2D eigenvalue weighted by Crippen LogP contribution is 2.38. The van der Waals surface area contributed by atoms with Crippen molar-refractivity contribution in [2.45, 2.75) is 26.7 Å². The quantitative estimate of drug-likeness (QED) is 0.735. The molecule has 5 heteroatoms. The first kappa shape index (κ1) is 19.6. The number of likely N-dealkylation sites (tertiary alicyclic amines) is 1. The molecule has 0 aromatic heterocycles. The number of hydrogen-bond donors (Lipinski definition) is 1. The van der Waals surface area contributed by atoms with Gasteiger partial charge in [0.25, 0.3) is 0 Å². The molecule has 0 saturated carbocycles. The minimum absolute atomic E-state index is 0.0851. The van der Waals surface area contributed by atoms with E-state index >= 15 is 0 Å². The Kier molecular flexibility index (Phi) is 6.00. The number of hydrogen-bond acceptors (Lipinski definition) is 2. The predicted octanol–water partition coefficient (Wildman–Crippen LogP) is 4.51. The van der Waals surface area contributed by atoms with Gasteiger partial charge in [-0.2, -0.15) is 0 Å². The monoisotopic (exact) mass is 428 g/mol. The van der Waals surface area contributed by atoms with E-state index in [1.165, 1.54) is 5.56 Å². The maximum atomic E-state index is 12.9. The molecule has 1 aliphatic rings. The lowest BCUT2D eigenvalue weighted by atomic mass is 9.79. The van der Waals surface area contributed by atoms with Crippen LogP contribution in [-0.4, -0.2) is 29.8 Å². The van der Waals surface area contributed by atoms with Crippen LogP contribution in [0.3, 0.4) is 0 Å². The molecule has 1 fully saturated rings. The van der Waals surface area contributed by atoms with Crippen LogP contribution >= 0.6 is 15.9 Å². The van der Waals surface area contributed by atoms with Crippen LogP contribution in [0.4, 0.5) is 5.69 Å². The Morgan fingerprint density at radius 2 is 1.81 bits per heavy atom. The van der Waals surface area contributed by atoms with E-state index in [1.807, 2.05) is 47.4 Å². The van der Waals surface area contributed by atoms with Crippen LogP contribution in [-0.2, 0) is 16.0 Å². The van der Waals surface area contributed by atoms with E-state index in [9.17, 15) is 9.59 Å². The largest absolute Gasteiger partial charge is 0.342 e. The van der Waals surface area contributed by atoms with Gasteiger partial charge >= 0.3 is 0 Å². The number of anilines is 1. The van der Waals surface area contributed by atoms with Gasteiger partial charge in [0.15, 0.2) is 0 Å². The molecule has 0 aliphatic carbocycles. The lowest BCUT2D eigenvalue weighted by Gasteiger charge is -2.23. The highest BCUT2D eigenvalue weighted by molar-refractivity contribution is 9.10. The van der Waals surface area contributed by atoms with Gasteiger partial charge in [-0.25, -0.2) is 0 Å². The normalized spacial score (nSPS) is 18.6. The summed E-state index contributed by atoms with van der Waals surface area (Å²) < 4.78 is 0.960. The number of carbonyl (C=O) groups excluding carboxylic acids is 2. The minimum Gasteiger partial charge on any atom is -0.342 e. The molecule has 4 nitrogen and oxygen atoms in total. The second kappa shape index (κ2) is 8.26. The van der Waals surface area contributed by atoms with Crippen molar-refractivity contribution in [2.24, 2.45) is 11.3 Å². The lowest BCUT2D eigenvalue weighted by molar-refractivity contribution is -0.133. The number of nitrogens with one attached hydrogen (secondary N) is 1. The lowest BCUT2D eigenvalue weighted by Crippen LogP contribution is -2.31. The second-order valence-corrected chi connectivity index (χ2v) is 8.71. The van der Waals surface area contributed by atoms with Crippen molar-refractivity contribution in [3.63, 3.8) is 0 Å². The average molecular weight is 429 g/mol. The van der Waals surface area contributed by atoms with Crippen LogP contribution in [0.25, 0.3) is 0 Å². The van der Waals surface area contributed by atoms with Gasteiger partial charge in [-0.3, -0.25) is 9.59 Å². The molecular formula is C22H25BrN2O2. The number of carbonyl (C=O) groups is 2. The third kappa shape index (κ3) is 4.98. The van der Waals surface area contributed by atoms with E-state index in [4.69, 9.17) is 0 Å². The molecule has 0 spiro atoms. The number of rotatable bonds is 6. The summed E-state index contributed by atoms with van der Waals surface area (Å²) in [7, 11) is 0. The average Bonchev–Trinajstić information content (AvgIpc) is 2.86. The van der Waals surface area contributed by atoms with E-state index < -0.39 is 0 Å². The number of amides is 2. The summed E-state index contributed by atoms with van der Waals surface area (Å²) >= 11 is 3.38. The summed E-state index contributed by atoms with van der Waals surface area (Å²) in [6.07, 6.45) is 1.05. The Labute approximate surface area is 169 Å². The van der Waals surface area contributed by atoms with Gasteiger partial charge in [0.2, 0.25) is 11.8 Å². The molecule has 27 heavy (non-hydrogen) atoms. The third-order valence-corrected chi connectivity index (χ3v) is 5.71. The molecule has 1 aliphatic heterocycles. The topological polar surface area (TPSA) is 49.4 Å². The molecule has 1 N–H and O–H groups in total. The summed E-state index contributed by atoms with van der Waals surface area (Å²) in [6.45, 7) is 5.53. The zero-order chi connectivity index (χ0) is 19.4. The molecule has 1 atom stereocenters. The molecule has 3 rings (SSSR count). The van der Waals surface area contributed by atoms with Gasteiger partial charge in [-0.15, -0.1) is 0 Å². The van der Waals surface area contributed by atoms with Crippen LogP contribution in [0.15, 0.2) is 59.1 Å². The van der Waals surface area contributed by atoms with Gasteiger partial charge in [0.05, 0.1) is 5.92 Å². The van der Waals surface area contributed by atoms with Crippen LogP contribution in [0.5, 0.6) is 0 Å². The van der Waals surface area contributed by atoms with E-state index in [0.29, 0.717) is 13.1 Å². The second-order valence-electron chi connectivity index (χ2n) is 7.80. The molecule has 0 unspecified atom stereocenters. The fraction of sp³-hybridized carbons (Fsp3) is 0.364. The Morgan fingerprint density at radius 1 is 1.15 bits per heavy atom. The zero-order valence-corrected chi connectivity index (χ0v) is 17.3. The Morgan fingerprint density at radius 3 is 2.48 bits per heavy atom. The first-order valence-electron chi connectivity index (χ1n) is 9.23. The predicted molar refractivity (Wildman–Crippen MR) is 111 cm³/mol. The number of halogens is 1. The molecule has 0 radical (unpaired) electrons. The molecular weight excluding hydrogens is 404 g/mol. The first-order valence-corrected chi connectivity index (χ1v) is 10.0. The molecule has 0 bridgehead atoms. The van der Waals surface area contributed by atoms with Crippen molar-refractivity contribution in [2.75, 3.05) is 18.4 Å². The minimum atomic E-state index is -0.288. The van der Waals surface area contributed by atoms with Crippen molar-refractivity contribution >= 4 is 33.4 Å². The molecule has 142 valence electrons. The van der Waals surface area contributed by atoms with Crippen molar-refractivity contribution in [3.05, 3.63) is 64.6 Å². The van der Waals surface area contributed by atoms with Gasteiger partial charge in [-0.05, 0) is 41.7 Å². The standard InChI is InChI=1S/C22H25BrN2O2/c1-22(2)15-25(13-12-16-6-4-3-5-7-16)21(27)19(22)14-20(26)24-18-10-8-17(23)9-11-18/h3-11,19H,12-15H2,1-2H3,(H,24,26)/t19-/m1/s1. The Hall–Kier alpha value is -2.14. The summed E-state index contributed by atoms with van der Waals surface area (Å²) in [5.41, 5.74) is 1.75. The first-order chi connectivity index (χ1) is 12.8. The molecule has 2 amide bonds. The highest BCUT2D eigenvalue weighted by Gasteiger charge is 2.46. The summed E-state index contributed by atoms with van der Waals surface area (Å²) in [4.78, 5) is 27.3. The number of nitrogens with zero attached hydrogens (tertiary/aromatic N) is 1. The van der Waals surface area contributed by atoms with Crippen LogP contribution < -0.4 is 5.32 Å². The third-order valence-electron chi connectivity index (χ3n) is 5.18. The molecule has 1 saturated heterocycles. The van der Waals surface area contributed by atoms with Gasteiger partial charge < -0.3 is 10.2 Å². The smallest absolute Gasteiger partial charge is 0.226 e. The maximum absolute atomic E-state index is 12.9. The van der Waals surface area contributed by atoms with Crippen molar-refractivity contribution < 1.29 is 9.59 Å². The zero-order valence-electron chi connectivity index (χ0n) is 15.7.